The lowest BCUT2D eigenvalue weighted by atomic mass is 10.0. The van der Waals surface area contributed by atoms with Crippen molar-refractivity contribution in [2.24, 2.45) is 0 Å². The van der Waals surface area contributed by atoms with Gasteiger partial charge in [-0.25, -0.2) is 0 Å². The number of nitro benzene ring substituents is 1. The van der Waals surface area contributed by atoms with Gasteiger partial charge in [0.05, 0.1) is 4.92 Å². The Hall–Kier alpha value is -1.43. The molecular formula is C16H22ClN3O2. The third kappa shape index (κ3) is 4.80. The fraction of sp³-hybridized carbons (Fsp3) is 0.500. The third-order valence-corrected chi connectivity index (χ3v) is 4.20. The van der Waals surface area contributed by atoms with Gasteiger partial charge in [-0.15, -0.1) is 0 Å². The predicted molar refractivity (Wildman–Crippen MR) is 89.2 cm³/mol. The minimum atomic E-state index is -0.443. The summed E-state index contributed by atoms with van der Waals surface area (Å²) >= 11 is 5.82. The van der Waals surface area contributed by atoms with Gasteiger partial charge in [0.25, 0.3) is 5.69 Å². The lowest BCUT2D eigenvalue weighted by Crippen LogP contribution is -2.42. The van der Waals surface area contributed by atoms with Crippen molar-refractivity contribution in [3.8, 4) is 0 Å². The van der Waals surface area contributed by atoms with Crippen molar-refractivity contribution in [3.05, 3.63) is 51.1 Å². The van der Waals surface area contributed by atoms with Crippen LogP contribution in [0.1, 0.15) is 25.3 Å². The molecule has 0 saturated carbocycles. The molecule has 1 fully saturated rings. The summed E-state index contributed by atoms with van der Waals surface area (Å²) in [4.78, 5) is 12.9. The van der Waals surface area contributed by atoms with E-state index in [0.717, 1.165) is 38.0 Å². The summed E-state index contributed by atoms with van der Waals surface area (Å²) in [6.45, 7) is 9.72. The van der Waals surface area contributed by atoms with Crippen LogP contribution in [-0.4, -0.2) is 35.5 Å². The lowest BCUT2D eigenvalue weighted by Gasteiger charge is -2.32. The Balaban J connectivity index is 1.83. The molecule has 1 aliphatic rings. The van der Waals surface area contributed by atoms with Crippen LogP contribution in [0.5, 0.6) is 0 Å². The second kappa shape index (κ2) is 7.72. The Labute approximate surface area is 136 Å². The Kier molecular flexibility index (Phi) is 5.94. The van der Waals surface area contributed by atoms with Crippen molar-refractivity contribution in [2.45, 2.75) is 32.4 Å². The van der Waals surface area contributed by atoms with Crippen LogP contribution in [0.15, 0.2) is 30.4 Å². The Morgan fingerprint density at radius 3 is 2.77 bits per heavy atom. The summed E-state index contributed by atoms with van der Waals surface area (Å²) in [6.07, 6.45) is 2.17. The van der Waals surface area contributed by atoms with Crippen LogP contribution < -0.4 is 5.32 Å². The average Bonchev–Trinajstić information content (AvgIpc) is 2.47. The van der Waals surface area contributed by atoms with E-state index in [1.165, 1.54) is 5.57 Å². The van der Waals surface area contributed by atoms with Crippen molar-refractivity contribution in [1.29, 1.82) is 0 Å². The molecular weight excluding hydrogens is 302 g/mol. The van der Waals surface area contributed by atoms with E-state index in [4.69, 9.17) is 11.6 Å². The molecule has 2 rings (SSSR count). The topological polar surface area (TPSA) is 58.4 Å². The first-order valence-corrected chi connectivity index (χ1v) is 7.86. The molecule has 0 bridgehead atoms. The largest absolute Gasteiger partial charge is 0.310 e. The van der Waals surface area contributed by atoms with Crippen LogP contribution in [0, 0.1) is 10.1 Å². The van der Waals surface area contributed by atoms with Crippen LogP contribution in [0.4, 0.5) is 5.69 Å². The van der Waals surface area contributed by atoms with Gasteiger partial charge in [0.1, 0.15) is 5.02 Å². The highest BCUT2D eigenvalue weighted by molar-refractivity contribution is 6.32. The third-order valence-electron chi connectivity index (χ3n) is 3.88. The number of rotatable bonds is 6. The van der Waals surface area contributed by atoms with E-state index in [2.05, 4.69) is 23.7 Å². The Morgan fingerprint density at radius 1 is 1.50 bits per heavy atom. The van der Waals surface area contributed by atoms with E-state index < -0.39 is 4.92 Å². The highest BCUT2D eigenvalue weighted by atomic mass is 35.5. The van der Waals surface area contributed by atoms with Gasteiger partial charge in [0.15, 0.2) is 0 Å². The van der Waals surface area contributed by atoms with Gasteiger partial charge in [0.2, 0.25) is 0 Å². The van der Waals surface area contributed by atoms with Gasteiger partial charge >= 0.3 is 0 Å². The molecule has 6 heteroatoms. The number of benzene rings is 1. The zero-order chi connectivity index (χ0) is 16.1. The number of hydrogen-bond donors (Lipinski definition) is 1. The van der Waals surface area contributed by atoms with Crippen LogP contribution in [0.25, 0.3) is 0 Å². The summed E-state index contributed by atoms with van der Waals surface area (Å²) in [6, 6.07) is 5.42. The molecule has 0 atom stereocenters. The summed E-state index contributed by atoms with van der Waals surface area (Å²) < 4.78 is 0. The van der Waals surface area contributed by atoms with Crippen molar-refractivity contribution in [1.82, 2.24) is 10.2 Å². The zero-order valence-electron chi connectivity index (χ0n) is 12.8. The van der Waals surface area contributed by atoms with Gasteiger partial charge in [-0.2, -0.15) is 0 Å². The molecule has 0 spiro atoms. The van der Waals surface area contributed by atoms with E-state index >= 15 is 0 Å². The first-order valence-electron chi connectivity index (χ1n) is 7.48. The molecule has 1 heterocycles. The van der Waals surface area contributed by atoms with Gasteiger partial charge < -0.3 is 5.32 Å². The Morgan fingerprint density at radius 2 is 2.18 bits per heavy atom. The van der Waals surface area contributed by atoms with Crippen LogP contribution in [0.2, 0.25) is 5.02 Å². The molecule has 5 nitrogen and oxygen atoms in total. The quantitative estimate of drug-likeness (QED) is 0.495. The van der Waals surface area contributed by atoms with E-state index in [0.29, 0.717) is 12.6 Å². The summed E-state index contributed by atoms with van der Waals surface area (Å²) in [5.41, 5.74) is 2.05. The normalized spacial score (nSPS) is 16.6. The molecule has 1 aromatic rings. The molecule has 22 heavy (non-hydrogen) atoms. The minimum Gasteiger partial charge on any atom is -0.310 e. The lowest BCUT2D eigenvalue weighted by molar-refractivity contribution is -0.384. The van der Waals surface area contributed by atoms with Crippen molar-refractivity contribution in [3.63, 3.8) is 0 Å². The highest BCUT2D eigenvalue weighted by Gasteiger charge is 2.19. The van der Waals surface area contributed by atoms with Crippen LogP contribution in [0.3, 0.4) is 0 Å². The molecule has 1 aromatic carbocycles. The second-order valence-corrected chi connectivity index (χ2v) is 6.34. The maximum absolute atomic E-state index is 10.9. The smallest absolute Gasteiger partial charge is 0.288 e. The summed E-state index contributed by atoms with van der Waals surface area (Å²) in [5.74, 6) is 0. The number of likely N-dealkylation sites (tertiary alicyclic amines) is 1. The molecule has 0 amide bonds. The van der Waals surface area contributed by atoms with E-state index in [-0.39, 0.29) is 10.7 Å². The molecule has 0 aliphatic carbocycles. The molecule has 0 unspecified atom stereocenters. The van der Waals surface area contributed by atoms with Crippen molar-refractivity contribution in [2.75, 3.05) is 19.6 Å². The monoisotopic (exact) mass is 323 g/mol. The van der Waals surface area contributed by atoms with Gasteiger partial charge in [-0.1, -0.05) is 29.8 Å². The molecule has 1 saturated heterocycles. The van der Waals surface area contributed by atoms with Crippen LogP contribution in [-0.2, 0) is 6.54 Å². The molecule has 120 valence electrons. The van der Waals surface area contributed by atoms with Gasteiger partial charge in [-0.05, 0) is 44.5 Å². The van der Waals surface area contributed by atoms with Crippen LogP contribution >= 0.6 is 11.6 Å². The number of nitrogens with one attached hydrogen (secondary N) is 1. The number of nitrogens with zero attached hydrogens (tertiary/aromatic N) is 2. The van der Waals surface area contributed by atoms with Gasteiger partial charge in [-0.3, -0.25) is 15.0 Å². The summed E-state index contributed by atoms with van der Waals surface area (Å²) in [5, 5.41) is 14.6. The first kappa shape index (κ1) is 16.9. The molecule has 0 radical (unpaired) electrons. The molecule has 1 N–H and O–H groups in total. The van der Waals surface area contributed by atoms with Gasteiger partial charge in [0, 0.05) is 25.2 Å². The predicted octanol–water partition coefficient (Wildman–Crippen LogP) is 3.38. The zero-order valence-corrected chi connectivity index (χ0v) is 13.6. The summed E-state index contributed by atoms with van der Waals surface area (Å²) in [7, 11) is 0. The number of halogens is 1. The fourth-order valence-corrected chi connectivity index (χ4v) is 2.93. The minimum absolute atomic E-state index is 0.0303. The fourth-order valence-electron chi connectivity index (χ4n) is 2.75. The molecule has 1 aliphatic heterocycles. The number of hydrogen-bond acceptors (Lipinski definition) is 4. The standard InChI is InChI=1S/C16H22ClN3O2/c1-12(2)11-19-7-5-14(6-8-19)18-10-13-3-4-15(17)16(9-13)20(21)22/h3-4,9,14,18H,1,5-8,10-11H2,2H3. The van der Waals surface area contributed by atoms with E-state index in [1.807, 2.05) is 6.07 Å². The molecule has 0 aromatic heterocycles. The highest BCUT2D eigenvalue weighted by Crippen LogP contribution is 2.25. The number of piperidine rings is 1. The maximum Gasteiger partial charge on any atom is 0.288 e. The van der Waals surface area contributed by atoms with Crippen molar-refractivity contribution < 1.29 is 4.92 Å². The van der Waals surface area contributed by atoms with E-state index in [9.17, 15) is 10.1 Å². The SMILES string of the molecule is C=C(C)CN1CCC(NCc2ccc(Cl)c([N+](=O)[O-])c2)CC1. The van der Waals surface area contributed by atoms with E-state index in [1.54, 1.807) is 12.1 Å². The second-order valence-electron chi connectivity index (χ2n) is 5.93. The van der Waals surface area contributed by atoms with Crippen molar-refractivity contribution >= 4 is 17.3 Å². The number of nitro groups is 1. The average molecular weight is 324 g/mol. The Bertz CT molecular complexity index is 554. The first-order chi connectivity index (χ1) is 10.5. The maximum atomic E-state index is 10.9.